The fourth-order valence-corrected chi connectivity index (χ4v) is 6.23. The van der Waals surface area contributed by atoms with Crippen LogP contribution in [-0.2, 0) is 4.79 Å². The van der Waals surface area contributed by atoms with Gasteiger partial charge >= 0.3 is 0 Å². The third kappa shape index (κ3) is 4.22. The first-order valence-corrected chi connectivity index (χ1v) is 14.9. The highest BCUT2D eigenvalue weighted by Gasteiger charge is 2.42. The van der Waals surface area contributed by atoms with Gasteiger partial charge in [0.2, 0.25) is 0 Å². The minimum atomic E-state index is -1.27. The lowest BCUT2D eigenvalue weighted by molar-refractivity contribution is -0.124. The number of fused-ring (bicyclic) bond motifs is 3. The number of aromatic nitrogens is 4. The van der Waals surface area contributed by atoms with Gasteiger partial charge in [-0.15, -0.1) is 0 Å². The average Bonchev–Trinajstić information content (AvgIpc) is 3.47. The summed E-state index contributed by atoms with van der Waals surface area (Å²) in [5, 5.41) is 5.11. The molecular formula is C36H33N7O2. The van der Waals surface area contributed by atoms with Crippen molar-refractivity contribution in [1.82, 2.24) is 19.7 Å². The summed E-state index contributed by atoms with van der Waals surface area (Å²) in [6.45, 7) is 13.4. The predicted molar refractivity (Wildman–Crippen MR) is 175 cm³/mol. The molecule has 45 heavy (non-hydrogen) atoms. The molecule has 0 bridgehead atoms. The summed E-state index contributed by atoms with van der Waals surface area (Å²) in [5.41, 5.74) is 7.48. The Balaban J connectivity index is 1.58. The molecule has 0 saturated carbocycles. The Hall–Kier alpha value is -5.44. The van der Waals surface area contributed by atoms with Gasteiger partial charge in [0.25, 0.3) is 11.8 Å². The fourth-order valence-electron chi connectivity index (χ4n) is 6.23. The molecule has 2 aromatic heterocycles. The van der Waals surface area contributed by atoms with Gasteiger partial charge in [0, 0.05) is 5.22 Å². The SMILES string of the molecule is Cc1cccc(C)c1N1C(=C/C=c2/c(C)nn3c2=NC(=O)C(C)(C)C3=O)N(c2c(C)cccc2C)c2nc3ccccc3nc21. The lowest BCUT2D eigenvalue weighted by Gasteiger charge is -2.28. The third-order valence-electron chi connectivity index (χ3n) is 8.69. The molecule has 0 saturated heterocycles. The van der Waals surface area contributed by atoms with Gasteiger partial charge in [0.05, 0.1) is 28.1 Å². The zero-order chi connectivity index (χ0) is 31.8. The summed E-state index contributed by atoms with van der Waals surface area (Å²) in [5.74, 6) is 1.33. The number of carbonyl (C=O) groups is 2. The molecule has 2 aliphatic heterocycles. The van der Waals surface area contributed by atoms with Crippen molar-refractivity contribution in [3.05, 3.63) is 111 Å². The molecule has 9 nitrogen and oxygen atoms in total. The van der Waals surface area contributed by atoms with E-state index in [2.05, 4.69) is 84.0 Å². The first-order valence-electron chi connectivity index (χ1n) is 14.9. The van der Waals surface area contributed by atoms with Gasteiger partial charge in [-0.2, -0.15) is 14.8 Å². The van der Waals surface area contributed by atoms with Crippen LogP contribution in [0.25, 0.3) is 17.1 Å². The van der Waals surface area contributed by atoms with Crippen LogP contribution in [0.3, 0.4) is 0 Å². The molecule has 3 aromatic carbocycles. The molecule has 7 rings (SSSR count). The average molecular weight is 596 g/mol. The van der Waals surface area contributed by atoms with Crippen molar-refractivity contribution in [3.63, 3.8) is 0 Å². The van der Waals surface area contributed by atoms with Gasteiger partial charge in [-0.1, -0.05) is 48.5 Å². The van der Waals surface area contributed by atoms with E-state index in [1.165, 1.54) is 4.68 Å². The minimum Gasteiger partial charge on any atom is -0.276 e. The molecule has 0 fully saturated rings. The predicted octanol–water partition coefficient (Wildman–Crippen LogP) is 5.81. The number of amides is 1. The zero-order valence-electron chi connectivity index (χ0n) is 26.4. The van der Waals surface area contributed by atoms with Crippen LogP contribution in [-0.4, -0.2) is 31.6 Å². The molecule has 0 N–H and O–H groups in total. The Bertz CT molecular complexity index is 2120. The molecule has 0 spiro atoms. The number of anilines is 4. The highest BCUT2D eigenvalue weighted by molar-refractivity contribution is 6.06. The van der Waals surface area contributed by atoms with Crippen LogP contribution >= 0.6 is 0 Å². The topological polar surface area (TPSA) is 96.6 Å². The zero-order valence-corrected chi connectivity index (χ0v) is 26.4. The summed E-state index contributed by atoms with van der Waals surface area (Å²) >= 11 is 0. The first-order chi connectivity index (χ1) is 21.5. The van der Waals surface area contributed by atoms with Crippen molar-refractivity contribution >= 4 is 51.9 Å². The molecule has 9 heteroatoms. The maximum atomic E-state index is 13.2. The van der Waals surface area contributed by atoms with Crippen LogP contribution in [0.1, 0.15) is 46.6 Å². The Morgan fingerprint density at radius 2 is 1.16 bits per heavy atom. The Kier molecular flexibility index (Phi) is 6.33. The van der Waals surface area contributed by atoms with E-state index in [-0.39, 0.29) is 5.49 Å². The van der Waals surface area contributed by atoms with Crippen molar-refractivity contribution in [2.75, 3.05) is 9.80 Å². The second-order valence-corrected chi connectivity index (χ2v) is 12.3. The summed E-state index contributed by atoms with van der Waals surface area (Å²) in [4.78, 5) is 45.2. The van der Waals surface area contributed by atoms with Gasteiger partial charge < -0.3 is 0 Å². The third-order valence-corrected chi connectivity index (χ3v) is 8.69. The smallest absolute Gasteiger partial charge is 0.264 e. The van der Waals surface area contributed by atoms with E-state index in [0.717, 1.165) is 50.5 Å². The number of nitrogens with zero attached hydrogens (tertiary/aromatic N) is 7. The monoisotopic (exact) mass is 595 g/mol. The van der Waals surface area contributed by atoms with E-state index in [1.54, 1.807) is 13.8 Å². The van der Waals surface area contributed by atoms with Crippen LogP contribution in [0.15, 0.2) is 77.6 Å². The number of hydrogen-bond acceptors (Lipinski definition) is 7. The van der Waals surface area contributed by atoms with Crippen LogP contribution in [0.4, 0.5) is 23.0 Å². The van der Waals surface area contributed by atoms with Crippen molar-refractivity contribution < 1.29 is 9.59 Å². The van der Waals surface area contributed by atoms with E-state index in [4.69, 9.17) is 9.97 Å². The van der Waals surface area contributed by atoms with Crippen molar-refractivity contribution in [3.8, 4) is 0 Å². The Morgan fingerprint density at radius 3 is 1.64 bits per heavy atom. The quantitative estimate of drug-likeness (QED) is 0.243. The van der Waals surface area contributed by atoms with Gasteiger partial charge in [-0.3, -0.25) is 19.4 Å². The molecule has 2 aliphatic rings. The van der Waals surface area contributed by atoms with E-state index in [0.29, 0.717) is 22.5 Å². The Morgan fingerprint density at radius 1 is 0.667 bits per heavy atom. The minimum absolute atomic E-state index is 0.244. The van der Waals surface area contributed by atoms with Gasteiger partial charge in [-0.05, 0) is 95.0 Å². The molecule has 5 aromatic rings. The van der Waals surface area contributed by atoms with Crippen molar-refractivity contribution in [2.45, 2.75) is 48.5 Å². The van der Waals surface area contributed by atoms with Gasteiger partial charge in [0.15, 0.2) is 17.1 Å². The van der Waals surface area contributed by atoms with E-state index < -0.39 is 17.2 Å². The summed E-state index contributed by atoms with van der Waals surface area (Å²) in [6, 6.07) is 20.4. The molecule has 0 radical (unpaired) electrons. The van der Waals surface area contributed by atoms with Gasteiger partial charge in [-0.25, -0.2) is 9.97 Å². The molecule has 4 heterocycles. The maximum absolute atomic E-state index is 13.2. The molecule has 1 amide bonds. The molecular weight excluding hydrogens is 562 g/mol. The van der Waals surface area contributed by atoms with Crippen LogP contribution in [0, 0.1) is 40.0 Å². The van der Waals surface area contributed by atoms with E-state index in [9.17, 15) is 9.59 Å². The second-order valence-electron chi connectivity index (χ2n) is 12.3. The van der Waals surface area contributed by atoms with Gasteiger partial charge in [0.1, 0.15) is 11.2 Å². The molecule has 0 atom stereocenters. The summed E-state index contributed by atoms with van der Waals surface area (Å²) in [7, 11) is 0. The summed E-state index contributed by atoms with van der Waals surface area (Å²) in [6.07, 6.45) is 3.87. The number of carbonyl (C=O) groups excluding carboxylic acids is 2. The normalized spacial score (nSPS) is 15.9. The Labute approximate surface area is 260 Å². The number of aryl methyl sites for hydroxylation is 5. The standard InChI is InChI=1S/C36H33N7O2/c1-20-12-10-13-21(2)29(20)41-28(19-18-25-24(5)40-43-31(25)39-34(44)36(6,7)35(43)45)42(30-22(3)14-11-15-23(30)4)33-32(41)37-26-16-8-9-17-27(26)38-33/h8-19H,1-7H3/b25-18-. The highest BCUT2D eigenvalue weighted by Crippen LogP contribution is 2.51. The first kappa shape index (κ1) is 28.3. The lowest BCUT2D eigenvalue weighted by Crippen LogP contribution is -2.49. The van der Waals surface area contributed by atoms with Crippen molar-refractivity contribution in [2.24, 2.45) is 10.4 Å². The van der Waals surface area contributed by atoms with Crippen LogP contribution in [0.2, 0.25) is 0 Å². The summed E-state index contributed by atoms with van der Waals surface area (Å²) < 4.78 is 1.26. The van der Waals surface area contributed by atoms with Crippen LogP contribution in [0.5, 0.6) is 0 Å². The van der Waals surface area contributed by atoms with Crippen LogP contribution < -0.4 is 20.5 Å². The fraction of sp³-hybridized carbons (Fsp3) is 0.222. The lowest BCUT2D eigenvalue weighted by atomic mass is 9.90. The largest absolute Gasteiger partial charge is 0.276 e. The number of allylic oxidation sites excluding steroid dienone is 1. The number of benzene rings is 3. The number of para-hydroxylation sites is 4. The molecule has 0 aliphatic carbocycles. The molecule has 224 valence electrons. The number of rotatable bonds is 3. The highest BCUT2D eigenvalue weighted by atomic mass is 16.2. The number of hydrogen-bond donors (Lipinski definition) is 0. The van der Waals surface area contributed by atoms with Crippen molar-refractivity contribution in [1.29, 1.82) is 0 Å². The maximum Gasteiger partial charge on any atom is 0.264 e. The molecule has 0 unspecified atom stereocenters. The van der Waals surface area contributed by atoms with E-state index in [1.807, 2.05) is 43.3 Å². The van der Waals surface area contributed by atoms with E-state index >= 15 is 0 Å². The second kappa shape index (κ2) is 10.1.